The predicted molar refractivity (Wildman–Crippen MR) is 109 cm³/mol. The predicted octanol–water partition coefficient (Wildman–Crippen LogP) is 3.08. The summed E-state index contributed by atoms with van der Waals surface area (Å²) in [6, 6.07) is -0.0778. The average Bonchev–Trinajstić information content (AvgIpc) is 2.77. The van der Waals surface area contributed by atoms with Gasteiger partial charge in [-0.15, -0.1) is 34.2 Å². The van der Waals surface area contributed by atoms with Gasteiger partial charge in [-0.25, -0.2) is 0 Å². The first-order valence-corrected chi connectivity index (χ1v) is 8.68. The molecule has 0 saturated heterocycles. The number of ether oxygens (including phenoxy) is 3. The first-order valence-electron chi connectivity index (χ1n) is 8.68. The van der Waals surface area contributed by atoms with Crippen molar-refractivity contribution in [3.63, 3.8) is 0 Å². The van der Waals surface area contributed by atoms with Crippen molar-refractivity contribution in [1.29, 1.82) is 0 Å². The monoisotopic (exact) mass is 411 g/mol. The summed E-state index contributed by atoms with van der Waals surface area (Å²) in [5.74, 6) is 6.82. The summed E-state index contributed by atoms with van der Waals surface area (Å²) in [4.78, 5) is 16.8. The average molecular weight is 411 g/mol. The summed E-state index contributed by atoms with van der Waals surface area (Å²) in [5.41, 5.74) is 15.9. The van der Waals surface area contributed by atoms with Gasteiger partial charge in [-0.2, -0.15) is 0 Å². The van der Waals surface area contributed by atoms with Crippen LogP contribution >= 0.6 is 0 Å². The Kier molecular flexibility index (Phi) is 16.7. The lowest BCUT2D eigenvalue weighted by molar-refractivity contribution is 0.273. The zero-order valence-corrected chi connectivity index (χ0v) is 16.3. The van der Waals surface area contributed by atoms with E-state index >= 15 is 0 Å². The molecule has 1 aromatic heterocycles. The van der Waals surface area contributed by atoms with Crippen LogP contribution in [0.25, 0.3) is 20.9 Å². The van der Waals surface area contributed by atoms with E-state index in [-0.39, 0.29) is 37.9 Å². The van der Waals surface area contributed by atoms with Crippen molar-refractivity contribution in [2.75, 3.05) is 32.9 Å². The summed E-state index contributed by atoms with van der Waals surface area (Å²) in [7, 11) is 0. The molecule has 1 rings (SSSR count). The Morgan fingerprint density at radius 3 is 1.27 bits per heavy atom. The zero-order valence-electron chi connectivity index (χ0n) is 16.3. The molecule has 0 atom stereocenters. The molecular weight excluding hydrogens is 390 g/mol. The second-order valence-electron chi connectivity index (χ2n) is 4.98. The third kappa shape index (κ3) is 14.8. The summed E-state index contributed by atoms with van der Waals surface area (Å²) in [6.45, 7) is 1.16. The Bertz CT molecular complexity index is 731. The van der Waals surface area contributed by atoms with Gasteiger partial charge in [0.1, 0.15) is 0 Å². The van der Waals surface area contributed by atoms with E-state index in [2.05, 4.69) is 52.8 Å². The maximum atomic E-state index is 7.94. The molecule has 30 heavy (non-hydrogen) atoms. The van der Waals surface area contributed by atoms with Crippen molar-refractivity contribution in [2.45, 2.75) is 25.7 Å². The van der Waals surface area contributed by atoms with Gasteiger partial charge in [-0.3, -0.25) is 0 Å². The largest absolute Gasteiger partial charge is 0.450 e. The van der Waals surface area contributed by atoms with Crippen LogP contribution in [0, 0.1) is 37.0 Å². The number of rotatable bonds is 13. The van der Waals surface area contributed by atoms with Gasteiger partial charge in [0.05, 0.1) is 0 Å². The normalized spacial score (nSPS) is 8.43. The van der Waals surface area contributed by atoms with Crippen LogP contribution in [-0.4, -0.2) is 47.9 Å². The second-order valence-corrected chi connectivity index (χ2v) is 4.98. The zero-order chi connectivity index (χ0) is 22.3. The fourth-order valence-electron chi connectivity index (χ4n) is 1.64. The molecule has 0 bridgehead atoms. The molecule has 0 aliphatic rings. The first kappa shape index (κ1) is 25.7. The molecule has 0 saturated carbocycles. The molecule has 12 nitrogen and oxygen atoms in total. The minimum atomic E-state index is -0.0259. The van der Waals surface area contributed by atoms with E-state index in [9.17, 15) is 0 Å². The lowest BCUT2D eigenvalue weighted by atomic mass is 10.2. The van der Waals surface area contributed by atoms with Crippen LogP contribution in [0.3, 0.4) is 0 Å². The quantitative estimate of drug-likeness (QED) is 0.159. The molecule has 1 heterocycles. The third-order valence-corrected chi connectivity index (χ3v) is 2.82. The highest BCUT2D eigenvalue weighted by molar-refractivity contribution is 5.10. The number of nitrogens with zero attached hydrogens (tertiary/aromatic N) is 9. The molecule has 1 aromatic rings. The summed E-state index contributed by atoms with van der Waals surface area (Å²) in [5, 5.41) is 6.81. The second kappa shape index (κ2) is 19.5. The van der Waals surface area contributed by atoms with Crippen molar-refractivity contribution in [3.8, 4) is 55.1 Å². The van der Waals surface area contributed by atoms with Gasteiger partial charge in [0, 0.05) is 22.9 Å². The summed E-state index contributed by atoms with van der Waals surface area (Å²) < 4.78 is 15.1. The molecule has 0 amide bonds. The molecule has 0 spiro atoms. The van der Waals surface area contributed by atoms with E-state index in [0.717, 1.165) is 25.7 Å². The Morgan fingerprint density at radius 2 is 1.00 bits per heavy atom. The number of azide groups is 2. The molecule has 0 radical (unpaired) electrons. The topological polar surface area (TPSA) is 164 Å². The van der Waals surface area contributed by atoms with Crippen LogP contribution in [0.4, 0.5) is 0 Å². The Hall–Kier alpha value is -4.29. The van der Waals surface area contributed by atoms with Gasteiger partial charge < -0.3 is 14.2 Å². The van der Waals surface area contributed by atoms with Crippen molar-refractivity contribution in [2.24, 2.45) is 10.2 Å². The third-order valence-electron chi connectivity index (χ3n) is 2.82. The van der Waals surface area contributed by atoms with Gasteiger partial charge in [0.25, 0.3) is 0 Å². The fourth-order valence-corrected chi connectivity index (χ4v) is 1.64. The van der Waals surface area contributed by atoms with E-state index in [4.69, 9.17) is 44.5 Å². The lowest BCUT2D eigenvalue weighted by Crippen LogP contribution is -2.07. The Morgan fingerprint density at radius 1 is 0.667 bits per heavy atom. The van der Waals surface area contributed by atoms with Crippen LogP contribution in [-0.2, 0) is 0 Å². The standard InChI is InChI=1S/C12H9N3O3.C6H12N6/c1-4-7-16-10-13-11(17-8-5-2)15-12(14-10)18-9-6-3;7-11-9-5-3-1-2-4-6-10-12-8/h1-3H,7-9H2;1-6H2. The van der Waals surface area contributed by atoms with Crippen LogP contribution < -0.4 is 14.2 Å². The molecule has 0 aliphatic carbocycles. The molecule has 0 aliphatic heterocycles. The van der Waals surface area contributed by atoms with E-state index < -0.39 is 0 Å². The molecule has 0 aromatic carbocycles. The van der Waals surface area contributed by atoms with Crippen LogP contribution in [0.15, 0.2) is 10.2 Å². The maximum Gasteiger partial charge on any atom is 0.326 e. The van der Waals surface area contributed by atoms with E-state index in [1.807, 2.05) is 0 Å². The molecular formula is C18H21N9O3. The minimum absolute atomic E-state index is 0.00711. The molecule has 12 heteroatoms. The number of unbranched alkanes of at least 4 members (excludes halogenated alkanes) is 3. The summed E-state index contributed by atoms with van der Waals surface area (Å²) in [6.07, 6.45) is 19.0. The van der Waals surface area contributed by atoms with Crippen LogP contribution in [0.1, 0.15) is 25.7 Å². The van der Waals surface area contributed by atoms with Crippen molar-refractivity contribution in [3.05, 3.63) is 20.9 Å². The number of hydrogen-bond acceptors (Lipinski definition) is 8. The molecule has 0 unspecified atom stereocenters. The van der Waals surface area contributed by atoms with Crippen LogP contribution in [0.5, 0.6) is 18.0 Å². The maximum absolute atomic E-state index is 7.94. The van der Waals surface area contributed by atoms with Gasteiger partial charge in [0.15, 0.2) is 19.8 Å². The van der Waals surface area contributed by atoms with Crippen molar-refractivity contribution < 1.29 is 14.2 Å². The van der Waals surface area contributed by atoms with Gasteiger partial charge in [-0.1, -0.05) is 40.8 Å². The lowest BCUT2D eigenvalue weighted by Gasteiger charge is -2.06. The molecule has 0 fully saturated rings. The van der Waals surface area contributed by atoms with E-state index in [1.165, 1.54) is 0 Å². The highest BCUT2D eigenvalue weighted by atomic mass is 16.5. The van der Waals surface area contributed by atoms with Crippen molar-refractivity contribution >= 4 is 0 Å². The molecule has 0 N–H and O–H groups in total. The number of aromatic nitrogens is 3. The SMILES string of the molecule is C#CCOc1nc(OCC#C)nc(OCC#C)n1.[N-]=[N+]=NCCCCCCN=[N+]=[N-]. The highest BCUT2D eigenvalue weighted by Crippen LogP contribution is 2.14. The van der Waals surface area contributed by atoms with E-state index in [0.29, 0.717) is 13.1 Å². The van der Waals surface area contributed by atoms with Crippen LogP contribution in [0.2, 0.25) is 0 Å². The molecule has 156 valence electrons. The van der Waals surface area contributed by atoms with Crippen molar-refractivity contribution in [1.82, 2.24) is 15.0 Å². The Balaban J connectivity index is 0.000000612. The van der Waals surface area contributed by atoms with Gasteiger partial charge in [-0.05, 0) is 23.9 Å². The van der Waals surface area contributed by atoms with E-state index in [1.54, 1.807) is 0 Å². The van der Waals surface area contributed by atoms with Gasteiger partial charge in [0.2, 0.25) is 0 Å². The fraction of sp³-hybridized carbons (Fsp3) is 0.500. The minimum Gasteiger partial charge on any atom is -0.450 e. The summed E-state index contributed by atoms with van der Waals surface area (Å²) >= 11 is 0. The first-order chi connectivity index (χ1) is 14.7. The van der Waals surface area contributed by atoms with Gasteiger partial charge >= 0.3 is 18.0 Å². The highest BCUT2D eigenvalue weighted by Gasteiger charge is 2.09. The Labute approximate surface area is 174 Å². The number of terminal acetylenes is 3. The smallest absolute Gasteiger partial charge is 0.326 e. The number of hydrogen-bond donors (Lipinski definition) is 0.